The first kappa shape index (κ1) is 13.5. The Hall–Kier alpha value is -2.46. The van der Waals surface area contributed by atoms with Crippen molar-refractivity contribution in [3.63, 3.8) is 0 Å². The number of carbonyl (C=O) groups excluding carboxylic acids is 1. The normalized spacial score (nSPS) is 10.6. The van der Waals surface area contributed by atoms with Crippen molar-refractivity contribution in [2.75, 3.05) is 5.32 Å². The second-order valence-electron chi connectivity index (χ2n) is 4.45. The van der Waals surface area contributed by atoms with Crippen LogP contribution < -0.4 is 5.32 Å². The first-order valence-electron chi connectivity index (χ1n) is 6.25. The molecule has 0 radical (unpaired) electrons. The number of nitrogens with zero attached hydrogens (tertiary/aromatic N) is 1. The number of hydrogen-bond donors (Lipinski definition) is 1. The van der Waals surface area contributed by atoms with Gasteiger partial charge in [-0.15, -0.1) is 0 Å². The van der Waals surface area contributed by atoms with E-state index in [4.69, 9.17) is 11.6 Å². The molecule has 0 aliphatic carbocycles. The van der Waals surface area contributed by atoms with Gasteiger partial charge in [0.05, 0.1) is 16.8 Å². The van der Waals surface area contributed by atoms with Crippen LogP contribution in [0.5, 0.6) is 0 Å². The predicted molar refractivity (Wildman–Crippen MR) is 81.1 cm³/mol. The maximum absolute atomic E-state index is 13.7. The zero-order valence-corrected chi connectivity index (χ0v) is 11.6. The zero-order valence-electron chi connectivity index (χ0n) is 10.8. The molecule has 3 rings (SSSR count). The zero-order chi connectivity index (χ0) is 14.8. The third-order valence-corrected chi connectivity index (χ3v) is 3.31. The van der Waals surface area contributed by atoms with Gasteiger partial charge < -0.3 is 5.32 Å². The van der Waals surface area contributed by atoms with Gasteiger partial charge in [0, 0.05) is 16.6 Å². The highest BCUT2D eigenvalue weighted by atomic mass is 35.5. The number of fused-ring (bicyclic) bond motifs is 1. The fourth-order valence-corrected chi connectivity index (χ4v) is 2.25. The van der Waals surface area contributed by atoms with E-state index in [0.29, 0.717) is 21.5 Å². The minimum absolute atomic E-state index is 0.0494. The number of anilines is 1. The predicted octanol–water partition coefficient (Wildman–Crippen LogP) is 4.28. The van der Waals surface area contributed by atoms with Crippen LogP contribution >= 0.6 is 11.6 Å². The van der Waals surface area contributed by atoms with Crippen LogP contribution in [0.4, 0.5) is 10.1 Å². The molecule has 0 aliphatic rings. The fraction of sp³-hybridized carbons (Fsp3) is 0. The largest absolute Gasteiger partial charge is 0.319 e. The summed E-state index contributed by atoms with van der Waals surface area (Å²) in [7, 11) is 0. The van der Waals surface area contributed by atoms with E-state index < -0.39 is 11.7 Å². The lowest BCUT2D eigenvalue weighted by molar-refractivity contribution is 0.102. The van der Waals surface area contributed by atoms with E-state index in [0.717, 1.165) is 0 Å². The summed E-state index contributed by atoms with van der Waals surface area (Å²) in [6.45, 7) is 0. The minimum atomic E-state index is -0.536. The maximum Gasteiger partial charge on any atom is 0.256 e. The Bertz CT molecular complexity index is 830. The first-order chi connectivity index (χ1) is 10.1. The van der Waals surface area contributed by atoms with Gasteiger partial charge >= 0.3 is 0 Å². The van der Waals surface area contributed by atoms with Crippen molar-refractivity contribution in [3.05, 3.63) is 71.1 Å². The molecule has 0 saturated heterocycles. The van der Waals surface area contributed by atoms with Crippen molar-refractivity contribution >= 4 is 34.1 Å². The summed E-state index contributed by atoms with van der Waals surface area (Å²) in [5, 5.41) is 3.59. The van der Waals surface area contributed by atoms with Crippen LogP contribution in [0.1, 0.15) is 10.4 Å². The summed E-state index contributed by atoms with van der Waals surface area (Å²) in [5.74, 6) is -0.944. The molecular formula is C16H10ClFN2O. The molecule has 0 unspecified atom stereocenters. The van der Waals surface area contributed by atoms with Crippen molar-refractivity contribution in [2.45, 2.75) is 0 Å². The van der Waals surface area contributed by atoms with Crippen molar-refractivity contribution < 1.29 is 9.18 Å². The first-order valence-corrected chi connectivity index (χ1v) is 6.63. The van der Waals surface area contributed by atoms with E-state index in [2.05, 4.69) is 10.3 Å². The molecule has 0 spiro atoms. The van der Waals surface area contributed by atoms with Crippen molar-refractivity contribution in [1.82, 2.24) is 4.98 Å². The SMILES string of the molecule is O=C(Nc1cc(Cl)ccc1F)c1ccnc2ccccc12. The Morgan fingerprint density at radius 3 is 2.81 bits per heavy atom. The van der Waals surface area contributed by atoms with Crippen LogP contribution in [0.25, 0.3) is 10.9 Å². The number of benzene rings is 2. The van der Waals surface area contributed by atoms with Crippen LogP contribution in [0.15, 0.2) is 54.7 Å². The van der Waals surface area contributed by atoms with Gasteiger partial charge in [0.2, 0.25) is 0 Å². The van der Waals surface area contributed by atoms with Crippen LogP contribution in [0, 0.1) is 5.82 Å². The van der Waals surface area contributed by atoms with Gasteiger partial charge in [-0.05, 0) is 30.3 Å². The molecule has 1 amide bonds. The average molecular weight is 301 g/mol. The Kier molecular flexibility index (Phi) is 3.54. The van der Waals surface area contributed by atoms with E-state index in [9.17, 15) is 9.18 Å². The summed E-state index contributed by atoms with van der Waals surface area (Å²) in [5.41, 5.74) is 1.19. The van der Waals surface area contributed by atoms with E-state index in [1.165, 1.54) is 18.2 Å². The number of carbonyl (C=O) groups is 1. The molecule has 1 N–H and O–H groups in total. The van der Waals surface area contributed by atoms with Gasteiger partial charge in [0.15, 0.2) is 0 Å². The number of hydrogen-bond acceptors (Lipinski definition) is 2. The van der Waals surface area contributed by atoms with Crippen molar-refractivity contribution in [2.24, 2.45) is 0 Å². The highest BCUT2D eigenvalue weighted by molar-refractivity contribution is 6.31. The van der Waals surface area contributed by atoms with E-state index in [1.807, 2.05) is 18.2 Å². The minimum Gasteiger partial charge on any atom is -0.319 e. The number of rotatable bonds is 2. The number of amides is 1. The number of halogens is 2. The molecule has 21 heavy (non-hydrogen) atoms. The van der Waals surface area contributed by atoms with E-state index in [-0.39, 0.29) is 5.69 Å². The Balaban J connectivity index is 1.99. The molecule has 0 fully saturated rings. The van der Waals surface area contributed by atoms with Crippen LogP contribution in [-0.2, 0) is 0 Å². The molecule has 0 saturated carbocycles. The summed E-state index contributed by atoms with van der Waals surface area (Å²) >= 11 is 5.81. The second kappa shape index (κ2) is 5.50. The van der Waals surface area contributed by atoms with Gasteiger partial charge in [0.25, 0.3) is 5.91 Å². The van der Waals surface area contributed by atoms with Gasteiger partial charge in [0.1, 0.15) is 5.82 Å². The number of para-hydroxylation sites is 1. The standard InChI is InChI=1S/C16H10ClFN2O/c17-10-5-6-13(18)15(9-10)20-16(21)12-7-8-19-14-4-2-1-3-11(12)14/h1-9H,(H,20,21). The van der Waals surface area contributed by atoms with Gasteiger partial charge in [-0.2, -0.15) is 0 Å². The average Bonchev–Trinajstić information content (AvgIpc) is 2.50. The summed E-state index contributed by atoms with van der Waals surface area (Å²) in [4.78, 5) is 16.5. The lowest BCUT2D eigenvalue weighted by atomic mass is 10.1. The summed E-state index contributed by atoms with van der Waals surface area (Å²) in [6, 6.07) is 12.9. The molecule has 0 aliphatic heterocycles. The molecule has 0 bridgehead atoms. The van der Waals surface area contributed by atoms with Crippen LogP contribution in [0.2, 0.25) is 5.02 Å². The highest BCUT2D eigenvalue weighted by Crippen LogP contribution is 2.22. The van der Waals surface area contributed by atoms with Gasteiger partial charge in [-0.1, -0.05) is 29.8 Å². The lowest BCUT2D eigenvalue weighted by Crippen LogP contribution is -2.13. The third-order valence-electron chi connectivity index (χ3n) is 3.07. The topological polar surface area (TPSA) is 42.0 Å². The summed E-state index contributed by atoms with van der Waals surface area (Å²) in [6.07, 6.45) is 1.55. The van der Waals surface area contributed by atoms with E-state index in [1.54, 1.807) is 18.3 Å². The fourth-order valence-electron chi connectivity index (χ4n) is 2.08. The Morgan fingerprint density at radius 1 is 1.14 bits per heavy atom. The smallest absolute Gasteiger partial charge is 0.256 e. The highest BCUT2D eigenvalue weighted by Gasteiger charge is 2.13. The molecule has 104 valence electrons. The summed E-state index contributed by atoms with van der Waals surface area (Å²) < 4.78 is 13.7. The number of pyridine rings is 1. The molecule has 1 aromatic heterocycles. The second-order valence-corrected chi connectivity index (χ2v) is 4.89. The molecule has 3 aromatic rings. The Labute approximate surface area is 125 Å². The van der Waals surface area contributed by atoms with Crippen LogP contribution in [-0.4, -0.2) is 10.9 Å². The molecule has 1 heterocycles. The molecule has 3 nitrogen and oxygen atoms in total. The quantitative estimate of drug-likeness (QED) is 0.767. The Morgan fingerprint density at radius 2 is 1.95 bits per heavy atom. The molecule has 0 atom stereocenters. The van der Waals surface area contributed by atoms with Crippen LogP contribution in [0.3, 0.4) is 0 Å². The molecule has 5 heteroatoms. The monoisotopic (exact) mass is 300 g/mol. The third kappa shape index (κ3) is 2.71. The number of nitrogens with one attached hydrogen (secondary N) is 1. The van der Waals surface area contributed by atoms with Gasteiger partial charge in [-0.25, -0.2) is 4.39 Å². The molecular weight excluding hydrogens is 291 g/mol. The lowest BCUT2D eigenvalue weighted by Gasteiger charge is -2.08. The van der Waals surface area contributed by atoms with Gasteiger partial charge in [-0.3, -0.25) is 9.78 Å². The molecule has 2 aromatic carbocycles. The van der Waals surface area contributed by atoms with E-state index >= 15 is 0 Å². The number of aromatic nitrogens is 1. The maximum atomic E-state index is 13.7. The van der Waals surface area contributed by atoms with Crippen molar-refractivity contribution in [3.8, 4) is 0 Å². The van der Waals surface area contributed by atoms with Crippen molar-refractivity contribution in [1.29, 1.82) is 0 Å².